The molecule has 1 rings (SSSR count). The monoisotopic (exact) mass is 88.1 g/mol. The van der Waals surface area contributed by atoms with Gasteiger partial charge < -0.3 is 4.57 Å². The van der Waals surface area contributed by atoms with Gasteiger partial charge in [0.05, 0.1) is 6.20 Å². The standard InChI is InChI=1S/C5H6N.Li.H/c1-6-4-2-3-5-6;;/h2-4H,1H3;;. The van der Waals surface area contributed by atoms with Crippen LogP contribution in [-0.2, 0) is 7.05 Å². The molecule has 0 bridgehead atoms. The molecule has 0 atom stereocenters. The third kappa shape index (κ3) is 1.87. The summed E-state index contributed by atoms with van der Waals surface area (Å²) in [7, 11) is 1.94. The second kappa shape index (κ2) is 2.96. The molecule has 1 radical (unpaired) electrons. The van der Waals surface area contributed by atoms with E-state index in [0.717, 1.165) is 0 Å². The SMILES string of the molecule is Cn1[c]ccc1.[LiH]. The van der Waals surface area contributed by atoms with Gasteiger partial charge in [0.2, 0.25) is 0 Å². The van der Waals surface area contributed by atoms with Crippen molar-refractivity contribution in [2.75, 3.05) is 0 Å². The molecule has 33 valence electrons. The summed E-state index contributed by atoms with van der Waals surface area (Å²) in [5.74, 6) is 0. The van der Waals surface area contributed by atoms with Crippen molar-refractivity contribution in [1.29, 1.82) is 0 Å². The van der Waals surface area contributed by atoms with E-state index in [1.165, 1.54) is 0 Å². The van der Waals surface area contributed by atoms with Gasteiger partial charge in [-0.15, -0.1) is 0 Å². The molecule has 0 aliphatic carbocycles. The molecular formula is C5H7LiN. The van der Waals surface area contributed by atoms with Gasteiger partial charge in [0.1, 0.15) is 0 Å². The zero-order valence-electron chi connectivity index (χ0n) is 3.68. The summed E-state index contributed by atoms with van der Waals surface area (Å²) >= 11 is 0. The quantitative estimate of drug-likeness (QED) is 0.398. The van der Waals surface area contributed by atoms with E-state index < -0.39 is 0 Å². The van der Waals surface area contributed by atoms with Gasteiger partial charge in [0.25, 0.3) is 0 Å². The Morgan fingerprint density at radius 2 is 2.29 bits per heavy atom. The van der Waals surface area contributed by atoms with Crippen molar-refractivity contribution in [2.45, 2.75) is 0 Å². The average molecular weight is 88.1 g/mol. The molecular weight excluding hydrogens is 81.0 g/mol. The van der Waals surface area contributed by atoms with Crippen molar-refractivity contribution in [3.05, 3.63) is 24.5 Å². The molecule has 1 nitrogen and oxygen atoms in total. The summed E-state index contributed by atoms with van der Waals surface area (Å²) in [6, 6.07) is 3.82. The van der Waals surface area contributed by atoms with Crippen LogP contribution in [0.5, 0.6) is 0 Å². The fraction of sp³-hybridized carbons (Fsp3) is 0.200. The number of aryl methyl sites for hydroxylation is 1. The van der Waals surface area contributed by atoms with E-state index in [0.29, 0.717) is 0 Å². The number of aromatic nitrogens is 1. The van der Waals surface area contributed by atoms with E-state index in [4.69, 9.17) is 0 Å². The number of hydrogen-bond acceptors (Lipinski definition) is 0. The van der Waals surface area contributed by atoms with Crippen molar-refractivity contribution in [2.24, 2.45) is 7.05 Å². The van der Waals surface area contributed by atoms with Crippen LogP contribution in [0.2, 0.25) is 0 Å². The van der Waals surface area contributed by atoms with Gasteiger partial charge in [-0.05, 0) is 12.1 Å². The molecule has 1 aromatic rings. The van der Waals surface area contributed by atoms with E-state index in [-0.39, 0.29) is 18.9 Å². The van der Waals surface area contributed by atoms with Gasteiger partial charge in [0, 0.05) is 13.2 Å². The molecule has 0 aliphatic heterocycles. The molecule has 0 saturated heterocycles. The zero-order valence-corrected chi connectivity index (χ0v) is 3.68. The second-order valence-corrected chi connectivity index (χ2v) is 1.25. The Labute approximate surface area is 55.5 Å². The van der Waals surface area contributed by atoms with E-state index >= 15 is 0 Å². The van der Waals surface area contributed by atoms with Crippen molar-refractivity contribution < 1.29 is 0 Å². The third-order valence-corrected chi connectivity index (χ3v) is 0.684. The first-order valence-electron chi connectivity index (χ1n) is 1.88. The predicted octanol–water partition coefficient (Wildman–Crippen LogP) is 0.177. The summed E-state index contributed by atoms with van der Waals surface area (Å²) in [6.07, 6.45) is 4.86. The minimum atomic E-state index is 0. The second-order valence-electron chi connectivity index (χ2n) is 1.25. The van der Waals surface area contributed by atoms with Gasteiger partial charge in [0.15, 0.2) is 0 Å². The zero-order chi connectivity index (χ0) is 4.41. The third-order valence-electron chi connectivity index (χ3n) is 0.684. The molecule has 0 fully saturated rings. The maximum atomic E-state index is 2.92. The first kappa shape index (κ1) is 6.88. The van der Waals surface area contributed by atoms with Crippen LogP contribution in [0.3, 0.4) is 0 Å². The van der Waals surface area contributed by atoms with Crippen molar-refractivity contribution in [3.63, 3.8) is 0 Å². The van der Waals surface area contributed by atoms with Crippen LogP contribution >= 0.6 is 0 Å². The summed E-state index contributed by atoms with van der Waals surface area (Å²) in [4.78, 5) is 0. The van der Waals surface area contributed by atoms with Gasteiger partial charge in [-0.25, -0.2) is 0 Å². The summed E-state index contributed by atoms with van der Waals surface area (Å²) in [6.45, 7) is 0. The number of nitrogens with zero attached hydrogens (tertiary/aromatic N) is 1. The van der Waals surface area contributed by atoms with Crippen LogP contribution in [0.4, 0.5) is 0 Å². The van der Waals surface area contributed by atoms with E-state index in [1.54, 1.807) is 0 Å². The molecule has 1 heterocycles. The first-order valence-corrected chi connectivity index (χ1v) is 1.88. The van der Waals surface area contributed by atoms with E-state index in [9.17, 15) is 0 Å². The molecule has 0 amide bonds. The van der Waals surface area contributed by atoms with Crippen LogP contribution in [-0.4, -0.2) is 23.4 Å². The fourth-order valence-electron chi connectivity index (χ4n) is 0.376. The van der Waals surface area contributed by atoms with Gasteiger partial charge in [-0.2, -0.15) is 0 Å². The molecule has 0 saturated carbocycles. The van der Waals surface area contributed by atoms with Crippen molar-refractivity contribution >= 4 is 18.9 Å². The fourth-order valence-corrected chi connectivity index (χ4v) is 0.376. The van der Waals surface area contributed by atoms with Gasteiger partial charge >= 0.3 is 18.9 Å². The van der Waals surface area contributed by atoms with E-state index in [1.807, 2.05) is 29.9 Å². The molecule has 2 heteroatoms. The van der Waals surface area contributed by atoms with E-state index in [2.05, 4.69) is 6.20 Å². The Morgan fingerprint density at radius 1 is 1.57 bits per heavy atom. The average Bonchev–Trinajstić information content (AvgIpc) is 1.86. The Kier molecular flexibility index (Phi) is 2.90. The van der Waals surface area contributed by atoms with Crippen molar-refractivity contribution in [1.82, 2.24) is 4.57 Å². The van der Waals surface area contributed by atoms with Gasteiger partial charge in [-0.3, -0.25) is 0 Å². The minimum absolute atomic E-state index is 0. The normalized spacial score (nSPS) is 7.57. The topological polar surface area (TPSA) is 4.93 Å². The van der Waals surface area contributed by atoms with Crippen LogP contribution < -0.4 is 0 Å². The summed E-state index contributed by atoms with van der Waals surface area (Å²) < 4.78 is 1.88. The van der Waals surface area contributed by atoms with Crippen LogP contribution in [0.25, 0.3) is 0 Å². The maximum absolute atomic E-state index is 2.92. The van der Waals surface area contributed by atoms with Crippen LogP contribution in [0.15, 0.2) is 18.3 Å². The van der Waals surface area contributed by atoms with Crippen LogP contribution in [0.1, 0.15) is 0 Å². The molecule has 0 aromatic carbocycles. The molecule has 1 aromatic heterocycles. The predicted molar refractivity (Wildman–Crippen MR) is 31.4 cm³/mol. The molecule has 0 spiro atoms. The Hall–Kier alpha value is -0.123. The molecule has 7 heavy (non-hydrogen) atoms. The molecule has 0 aliphatic rings. The number of hydrogen-bond donors (Lipinski definition) is 0. The molecule has 0 unspecified atom stereocenters. The number of rotatable bonds is 0. The van der Waals surface area contributed by atoms with Gasteiger partial charge in [-0.1, -0.05) is 0 Å². The summed E-state index contributed by atoms with van der Waals surface area (Å²) in [5.41, 5.74) is 0. The Morgan fingerprint density at radius 3 is 2.43 bits per heavy atom. The first-order chi connectivity index (χ1) is 2.89. The molecule has 0 N–H and O–H groups in total. The Bertz CT molecular complexity index is 112. The Balaban J connectivity index is 0.000000360. The summed E-state index contributed by atoms with van der Waals surface area (Å²) in [5, 5.41) is 0. The van der Waals surface area contributed by atoms with Crippen LogP contribution in [0, 0.1) is 6.20 Å². The van der Waals surface area contributed by atoms with Crippen molar-refractivity contribution in [3.8, 4) is 0 Å².